The molecular weight excluding hydrogens is 372 g/mol. The number of amides is 1. The fraction of sp³-hybridized carbons (Fsp3) is 0.545. The van der Waals surface area contributed by atoms with E-state index in [0.717, 1.165) is 37.6 Å². The number of likely N-dealkylation sites (tertiary alicyclic amines) is 1. The number of carbonyl (C=O) groups excluding carboxylic acids is 1. The summed E-state index contributed by atoms with van der Waals surface area (Å²) in [6, 6.07) is 8.39. The van der Waals surface area contributed by atoms with Crippen molar-refractivity contribution in [1.82, 2.24) is 19.6 Å². The van der Waals surface area contributed by atoms with E-state index in [9.17, 15) is 4.79 Å². The summed E-state index contributed by atoms with van der Waals surface area (Å²) < 4.78 is 1.83. The first-order valence-electron chi connectivity index (χ1n) is 10.2. The second kappa shape index (κ2) is 9.57. The molecule has 0 unspecified atom stereocenters. The van der Waals surface area contributed by atoms with Crippen LogP contribution in [0.5, 0.6) is 0 Å². The highest BCUT2D eigenvalue weighted by molar-refractivity contribution is 6.30. The Morgan fingerprint density at radius 2 is 2.07 bits per heavy atom. The van der Waals surface area contributed by atoms with E-state index in [1.54, 1.807) is 6.20 Å². The third-order valence-electron chi connectivity index (χ3n) is 5.49. The first kappa shape index (κ1) is 20.9. The largest absolute Gasteiger partial charge is 0.341 e. The van der Waals surface area contributed by atoms with Gasteiger partial charge in [-0.05, 0) is 63.3 Å². The topological polar surface area (TPSA) is 41.4 Å². The number of halogens is 1. The number of benzene rings is 1. The standard InChI is InChI=1S/C22H31ClN4O/c1-17(2)27-16-20(13-24-27)22(28)25(3)14-19-5-4-11-26(15-19)12-10-18-6-8-21(23)9-7-18/h6-9,13,16-17,19H,4-5,10-12,14-15H2,1-3H3/t19-/m1/s1. The highest BCUT2D eigenvalue weighted by atomic mass is 35.5. The number of hydrogen-bond donors (Lipinski definition) is 0. The average molecular weight is 403 g/mol. The van der Waals surface area contributed by atoms with Crippen molar-refractivity contribution in [2.24, 2.45) is 5.92 Å². The SMILES string of the molecule is CC(C)n1cc(C(=O)N(C)C[C@H]2CCCN(CCc3ccc(Cl)cc3)C2)cn1. The van der Waals surface area contributed by atoms with Crippen molar-refractivity contribution in [3.8, 4) is 0 Å². The molecule has 6 heteroatoms. The van der Waals surface area contributed by atoms with E-state index < -0.39 is 0 Å². The van der Waals surface area contributed by atoms with Crippen LogP contribution in [-0.2, 0) is 6.42 Å². The van der Waals surface area contributed by atoms with Gasteiger partial charge in [0.25, 0.3) is 5.91 Å². The highest BCUT2D eigenvalue weighted by Gasteiger charge is 2.23. The lowest BCUT2D eigenvalue weighted by Crippen LogP contribution is -2.42. The quantitative estimate of drug-likeness (QED) is 0.698. The van der Waals surface area contributed by atoms with E-state index in [0.29, 0.717) is 11.5 Å². The molecule has 0 bridgehead atoms. The Balaban J connectivity index is 1.49. The van der Waals surface area contributed by atoms with Crippen molar-refractivity contribution in [2.45, 2.75) is 39.2 Å². The average Bonchev–Trinajstić information content (AvgIpc) is 3.18. The molecule has 1 amide bonds. The third kappa shape index (κ3) is 5.58. The normalized spacial score (nSPS) is 17.8. The number of nitrogens with zero attached hydrogens (tertiary/aromatic N) is 4. The van der Waals surface area contributed by atoms with Gasteiger partial charge in [0.2, 0.25) is 0 Å². The van der Waals surface area contributed by atoms with Gasteiger partial charge < -0.3 is 9.80 Å². The maximum absolute atomic E-state index is 12.7. The van der Waals surface area contributed by atoms with Crippen LogP contribution < -0.4 is 0 Å². The molecule has 3 rings (SSSR count). The lowest BCUT2D eigenvalue weighted by Gasteiger charge is -2.34. The number of piperidine rings is 1. The minimum atomic E-state index is 0.0604. The molecule has 2 heterocycles. The summed E-state index contributed by atoms with van der Waals surface area (Å²) in [5, 5.41) is 5.07. The molecule has 5 nitrogen and oxygen atoms in total. The van der Waals surface area contributed by atoms with E-state index in [4.69, 9.17) is 11.6 Å². The van der Waals surface area contributed by atoms with Gasteiger partial charge in [-0.3, -0.25) is 9.48 Å². The Hall–Kier alpha value is -1.85. The number of rotatable bonds is 7. The zero-order valence-corrected chi connectivity index (χ0v) is 17.9. The minimum absolute atomic E-state index is 0.0604. The predicted molar refractivity (Wildman–Crippen MR) is 114 cm³/mol. The second-order valence-corrected chi connectivity index (χ2v) is 8.61. The highest BCUT2D eigenvalue weighted by Crippen LogP contribution is 2.19. The molecule has 1 aliphatic rings. The Kier molecular flexibility index (Phi) is 7.13. The molecule has 1 fully saturated rings. The van der Waals surface area contributed by atoms with Crippen molar-refractivity contribution in [3.63, 3.8) is 0 Å². The van der Waals surface area contributed by atoms with Crippen LogP contribution in [0, 0.1) is 5.92 Å². The molecule has 0 aliphatic carbocycles. The Labute approximate surface area is 173 Å². The first-order valence-corrected chi connectivity index (χ1v) is 10.6. The van der Waals surface area contributed by atoms with Crippen LogP contribution in [0.3, 0.4) is 0 Å². The smallest absolute Gasteiger partial charge is 0.256 e. The molecule has 0 N–H and O–H groups in total. The molecular formula is C22H31ClN4O. The minimum Gasteiger partial charge on any atom is -0.341 e. The van der Waals surface area contributed by atoms with Gasteiger partial charge >= 0.3 is 0 Å². The summed E-state index contributed by atoms with van der Waals surface area (Å²) in [7, 11) is 1.90. The molecule has 0 radical (unpaired) electrons. The first-order chi connectivity index (χ1) is 13.4. The van der Waals surface area contributed by atoms with Gasteiger partial charge in [-0.15, -0.1) is 0 Å². The maximum Gasteiger partial charge on any atom is 0.256 e. The van der Waals surface area contributed by atoms with Gasteiger partial charge in [0.15, 0.2) is 0 Å². The van der Waals surface area contributed by atoms with Crippen LogP contribution in [0.25, 0.3) is 0 Å². The molecule has 1 aliphatic heterocycles. The van der Waals surface area contributed by atoms with E-state index in [-0.39, 0.29) is 11.9 Å². The lowest BCUT2D eigenvalue weighted by atomic mass is 9.97. The van der Waals surface area contributed by atoms with Crippen LogP contribution in [0.1, 0.15) is 48.7 Å². The molecule has 1 aromatic heterocycles. The Morgan fingerprint density at radius 3 is 2.75 bits per heavy atom. The van der Waals surface area contributed by atoms with Crippen LogP contribution >= 0.6 is 11.6 Å². The fourth-order valence-electron chi connectivity index (χ4n) is 3.86. The predicted octanol–water partition coefficient (Wildman–Crippen LogP) is 4.14. The molecule has 28 heavy (non-hydrogen) atoms. The number of hydrogen-bond acceptors (Lipinski definition) is 3. The third-order valence-corrected chi connectivity index (χ3v) is 5.74. The zero-order valence-electron chi connectivity index (χ0n) is 17.1. The van der Waals surface area contributed by atoms with Gasteiger partial charge in [0.05, 0.1) is 11.8 Å². The number of aromatic nitrogens is 2. The van der Waals surface area contributed by atoms with Crippen LogP contribution in [0.15, 0.2) is 36.7 Å². The molecule has 1 aromatic carbocycles. The summed E-state index contributed by atoms with van der Waals surface area (Å²) in [5.41, 5.74) is 1.99. The van der Waals surface area contributed by atoms with Crippen molar-refractivity contribution in [2.75, 3.05) is 33.2 Å². The van der Waals surface area contributed by atoms with Crippen molar-refractivity contribution in [3.05, 3.63) is 52.8 Å². The van der Waals surface area contributed by atoms with Crippen LogP contribution in [-0.4, -0.2) is 58.7 Å². The van der Waals surface area contributed by atoms with Gasteiger partial charge in [-0.25, -0.2) is 0 Å². The van der Waals surface area contributed by atoms with E-state index in [2.05, 4.69) is 36.0 Å². The summed E-state index contributed by atoms with van der Waals surface area (Å²) >= 11 is 5.97. The fourth-order valence-corrected chi connectivity index (χ4v) is 3.99. The summed E-state index contributed by atoms with van der Waals surface area (Å²) in [6.07, 6.45) is 6.94. The van der Waals surface area contributed by atoms with Crippen LogP contribution in [0.4, 0.5) is 0 Å². The molecule has 0 spiro atoms. The summed E-state index contributed by atoms with van der Waals surface area (Å²) in [4.78, 5) is 17.1. The molecule has 2 aromatic rings. The summed E-state index contributed by atoms with van der Waals surface area (Å²) in [5.74, 6) is 0.582. The van der Waals surface area contributed by atoms with Gasteiger partial charge in [0, 0.05) is 43.9 Å². The Bertz CT molecular complexity index is 771. The molecule has 152 valence electrons. The van der Waals surface area contributed by atoms with E-state index in [1.165, 1.54) is 18.4 Å². The number of carbonyl (C=O) groups is 1. The van der Waals surface area contributed by atoms with Gasteiger partial charge in [-0.1, -0.05) is 23.7 Å². The molecule has 0 saturated carbocycles. The van der Waals surface area contributed by atoms with Crippen molar-refractivity contribution in [1.29, 1.82) is 0 Å². The van der Waals surface area contributed by atoms with Gasteiger partial charge in [-0.2, -0.15) is 5.10 Å². The van der Waals surface area contributed by atoms with Crippen molar-refractivity contribution < 1.29 is 4.79 Å². The van der Waals surface area contributed by atoms with Gasteiger partial charge in [0.1, 0.15) is 0 Å². The lowest BCUT2D eigenvalue weighted by molar-refractivity contribution is 0.0730. The maximum atomic E-state index is 12.7. The van der Waals surface area contributed by atoms with Crippen molar-refractivity contribution >= 4 is 17.5 Å². The Morgan fingerprint density at radius 1 is 1.32 bits per heavy atom. The molecule has 1 atom stereocenters. The zero-order chi connectivity index (χ0) is 20.1. The molecule has 1 saturated heterocycles. The summed E-state index contributed by atoms with van der Waals surface area (Å²) in [6.45, 7) is 8.16. The van der Waals surface area contributed by atoms with Crippen LogP contribution in [0.2, 0.25) is 5.02 Å². The van der Waals surface area contributed by atoms with E-state index in [1.807, 2.05) is 35.0 Å². The monoisotopic (exact) mass is 402 g/mol. The van der Waals surface area contributed by atoms with E-state index >= 15 is 0 Å². The second-order valence-electron chi connectivity index (χ2n) is 8.17.